The summed E-state index contributed by atoms with van der Waals surface area (Å²) in [5, 5.41) is 9.14. The quantitative estimate of drug-likeness (QED) is 0.772. The fraction of sp³-hybridized carbons (Fsp3) is 0.188. The third kappa shape index (κ3) is 2.37. The maximum absolute atomic E-state index is 4.73. The van der Waals surface area contributed by atoms with Gasteiger partial charge in [0.05, 0.1) is 17.8 Å². The first kappa shape index (κ1) is 11.9. The Kier molecular flexibility index (Phi) is 3.29. The highest BCUT2D eigenvalue weighted by Gasteiger charge is 2.09. The average molecular weight is 251 g/mol. The van der Waals surface area contributed by atoms with Crippen LogP contribution in [0.5, 0.6) is 0 Å². The van der Waals surface area contributed by atoms with E-state index in [2.05, 4.69) is 58.5 Å². The van der Waals surface area contributed by atoms with Gasteiger partial charge in [0.1, 0.15) is 0 Å². The van der Waals surface area contributed by atoms with Crippen LogP contribution in [0, 0.1) is 0 Å². The first-order chi connectivity index (χ1) is 9.38. The van der Waals surface area contributed by atoms with E-state index in [0.717, 1.165) is 18.8 Å². The van der Waals surface area contributed by atoms with Crippen molar-refractivity contribution in [3.8, 4) is 0 Å². The molecular weight excluding hydrogens is 234 g/mol. The Morgan fingerprint density at radius 2 is 1.74 bits per heavy atom. The largest absolute Gasteiger partial charge is 0.314 e. The first-order valence-electron chi connectivity index (χ1n) is 6.51. The van der Waals surface area contributed by atoms with Crippen molar-refractivity contribution in [1.82, 2.24) is 15.1 Å². The van der Waals surface area contributed by atoms with Crippen molar-refractivity contribution in [2.24, 2.45) is 0 Å². The predicted molar refractivity (Wildman–Crippen MR) is 78.0 cm³/mol. The average Bonchev–Trinajstić information content (AvgIpc) is 2.79. The zero-order chi connectivity index (χ0) is 13.1. The molecule has 0 saturated heterocycles. The van der Waals surface area contributed by atoms with Gasteiger partial charge in [-0.05, 0) is 18.7 Å². The van der Waals surface area contributed by atoms with Crippen LogP contribution in [0.4, 0.5) is 0 Å². The van der Waals surface area contributed by atoms with Crippen molar-refractivity contribution in [3.63, 3.8) is 0 Å². The second-order valence-electron chi connectivity index (χ2n) is 4.64. The fourth-order valence-corrected chi connectivity index (χ4v) is 2.37. The van der Waals surface area contributed by atoms with E-state index in [1.807, 2.05) is 13.1 Å². The summed E-state index contributed by atoms with van der Waals surface area (Å²) in [6, 6.07) is 18.8. The number of rotatable bonds is 4. The maximum Gasteiger partial charge on any atom is 0.0841 e. The number of nitrogens with zero attached hydrogens (tertiary/aromatic N) is 2. The molecule has 3 nitrogen and oxygen atoms in total. The molecule has 0 aliphatic heterocycles. The third-order valence-electron chi connectivity index (χ3n) is 3.25. The van der Waals surface area contributed by atoms with E-state index < -0.39 is 0 Å². The van der Waals surface area contributed by atoms with Gasteiger partial charge in [0.25, 0.3) is 0 Å². The van der Waals surface area contributed by atoms with E-state index in [1.165, 1.54) is 16.5 Å². The molecule has 1 N–H and O–H groups in total. The van der Waals surface area contributed by atoms with Crippen LogP contribution >= 0.6 is 0 Å². The van der Waals surface area contributed by atoms with Gasteiger partial charge in [-0.3, -0.25) is 4.68 Å². The van der Waals surface area contributed by atoms with Gasteiger partial charge in [0, 0.05) is 11.9 Å². The summed E-state index contributed by atoms with van der Waals surface area (Å²) in [7, 11) is 1.95. The lowest BCUT2D eigenvalue weighted by molar-refractivity contribution is 0.677. The molecule has 1 heterocycles. The molecule has 0 unspecified atom stereocenters. The zero-order valence-electron chi connectivity index (χ0n) is 11.0. The van der Waals surface area contributed by atoms with Crippen molar-refractivity contribution < 1.29 is 0 Å². The van der Waals surface area contributed by atoms with Crippen LogP contribution < -0.4 is 5.32 Å². The molecule has 2 aromatic carbocycles. The molecule has 0 amide bonds. The van der Waals surface area contributed by atoms with Gasteiger partial charge in [-0.1, -0.05) is 48.5 Å². The Morgan fingerprint density at radius 3 is 2.53 bits per heavy atom. The van der Waals surface area contributed by atoms with Gasteiger partial charge in [-0.15, -0.1) is 0 Å². The Hall–Kier alpha value is -2.13. The van der Waals surface area contributed by atoms with Crippen molar-refractivity contribution in [1.29, 1.82) is 0 Å². The van der Waals surface area contributed by atoms with Gasteiger partial charge < -0.3 is 5.32 Å². The summed E-state index contributed by atoms with van der Waals surface area (Å²) < 4.78 is 2.08. The summed E-state index contributed by atoms with van der Waals surface area (Å²) in [5.41, 5.74) is 3.57. The first-order valence-corrected chi connectivity index (χ1v) is 6.51. The summed E-state index contributed by atoms with van der Waals surface area (Å²) >= 11 is 0. The Balaban J connectivity index is 2.03. The lowest BCUT2D eigenvalue weighted by atomic mass is 10.2. The Morgan fingerprint density at radius 1 is 1.00 bits per heavy atom. The second kappa shape index (κ2) is 5.24. The Labute approximate surface area is 112 Å². The lowest BCUT2D eigenvalue weighted by Gasteiger charge is -2.03. The second-order valence-corrected chi connectivity index (χ2v) is 4.64. The molecule has 0 bridgehead atoms. The van der Waals surface area contributed by atoms with Gasteiger partial charge in [-0.25, -0.2) is 0 Å². The highest BCUT2D eigenvalue weighted by molar-refractivity contribution is 5.82. The standard InChI is InChI=1S/C16H17N3/c1-17-11-15-14-9-5-6-10-16(14)19(18-15)12-13-7-3-2-4-8-13/h2-10,17H,11-12H2,1H3. The summed E-state index contributed by atoms with van der Waals surface area (Å²) in [5.74, 6) is 0. The van der Waals surface area contributed by atoms with Gasteiger partial charge in [-0.2, -0.15) is 5.10 Å². The summed E-state index contributed by atoms with van der Waals surface area (Å²) in [6.45, 7) is 1.60. The maximum atomic E-state index is 4.73. The monoisotopic (exact) mass is 251 g/mol. The van der Waals surface area contributed by atoms with Crippen LogP contribution in [0.25, 0.3) is 10.9 Å². The number of benzene rings is 2. The minimum Gasteiger partial charge on any atom is -0.314 e. The molecule has 0 aliphatic carbocycles. The van der Waals surface area contributed by atoms with Crippen LogP contribution in [0.3, 0.4) is 0 Å². The van der Waals surface area contributed by atoms with Crippen LogP contribution in [0.15, 0.2) is 54.6 Å². The smallest absolute Gasteiger partial charge is 0.0841 e. The van der Waals surface area contributed by atoms with E-state index in [-0.39, 0.29) is 0 Å². The highest BCUT2D eigenvalue weighted by Crippen LogP contribution is 2.19. The number of aromatic nitrogens is 2. The van der Waals surface area contributed by atoms with Crippen LogP contribution in [0.1, 0.15) is 11.3 Å². The molecule has 0 fully saturated rings. The van der Waals surface area contributed by atoms with E-state index in [4.69, 9.17) is 5.10 Å². The van der Waals surface area contributed by atoms with Crippen molar-refractivity contribution in [2.75, 3.05) is 7.05 Å². The molecule has 3 rings (SSSR count). The van der Waals surface area contributed by atoms with Crippen molar-refractivity contribution >= 4 is 10.9 Å². The highest BCUT2D eigenvalue weighted by atomic mass is 15.3. The molecule has 3 aromatic rings. The van der Waals surface area contributed by atoms with Gasteiger partial charge in [0.2, 0.25) is 0 Å². The molecular formula is C16H17N3. The molecule has 96 valence electrons. The minimum absolute atomic E-state index is 0.794. The van der Waals surface area contributed by atoms with Crippen molar-refractivity contribution in [2.45, 2.75) is 13.1 Å². The van der Waals surface area contributed by atoms with E-state index in [1.54, 1.807) is 0 Å². The van der Waals surface area contributed by atoms with Crippen LogP contribution in [0.2, 0.25) is 0 Å². The summed E-state index contributed by atoms with van der Waals surface area (Å²) in [6.07, 6.45) is 0. The van der Waals surface area contributed by atoms with Gasteiger partial charge >= 0.3 is 0 Å². The normalized spacial score (nSPS) is 11.0. The van der Waals surface area contributed by atoms with E-state index in [0.29, 0.717) is 0 Å². The third-order valence-corrected chi connectivity index (χ3v) is 3.25. The molecule has 3 heteroatoms. The number of hydrogen-bond acceptors (Lipinski definition) is 2. The predicted octanol–water partition coefficient (Wildman–Crippen LogP) is 2.80. The zero-order valence-corrected chi connectivity index (χ0v) is 11.0. The molecule has 0 spiro atoms. The fourth-order valence-electron chi connectivity index (χ4n) is 2.37. The molecule has 0 aliphatic rings. The lowest BCUT2D eigenvalue weighted by Crippen LogP contribution is -2.07. The van der Waals surface area contributed by atoms with E-state index >= 15 is 0 Å². The number of fused-ring (bicyclic) bond motifs is 1. The molecule has 0 saturated carbocycles. The van der Waals surface area contributed by atoms with Gasteiger partial charge in [0.15, 0.2) is 0 Å². The molecule has 0 atom stereocenters. The topological polar surface area (TPSA) is 29.9 Å². The van der Waals surface area contributed by atoms with Crippen LogP contribution in [-0.4, -0.2) is 16.8 Å². The molecule has 19 heavy (non-hydrogen) atoms. The molecule has 0 radical (unpaired) electrons. The minimum atomic E-state index is 0.794. The molecule has 1 aromatic heterocycles. The number of hydrogen-bond donors (Lipinski definition) is 1. The summed E-state index contributed by atoms with van der Waals surface area (Å²) in [4.78, 5) is 0. The SMILES string of the molecule is CNCc1nn(Cc2ccccc2)c2ccccc12. The number of para-hydroxylation sites is 1. The van der Waals surface area contributed by atoms with Crippen LogP contribution in [-0.2, 0) is 13.1 Å². The van der Waals surface area contributed by atoms with Crippen molar-refractivity contribution in [3.05, 3.63) is 65.9 Å². The van der Waals surface area contributed by atoms with E-state index in [9.17, 15) is 0 Å². The Bertz CT molecular complexity index is 671. The number of nitrogens with one attached hydrogen (secondary N) is 1.